The molecule has 8 nitrogen and oxygen atoms in total. The van der Waals surface area contributed by atoms with Gasteiger partial charge in [-0.25, -0.2) is 4.79 Å². The van der Waals surface area contributed by atoms with Crippen LogP contribution >= 0.6 is 27.7 Å². The highest BCUT2D eigenvalue weighted by Gasteiger charge is 2.74. The third kappa shape index (κ3) is 3.77. The molecule has 1 aromatic rings. The quantitative estimate of drug-likeness (QED) is 0.359. The predicted molar refractivity (Wildman–Crippen MR) is 117 cm³/mol. The summed E-state index contributed by atoms with van der Waals surface area (Å²) in [5.41, 5.74) is 0.854. The number of hydrogen-bond donors (Lipinski definition) is 1. The lowest BCUT2D eigenvalue weighted by Crippen LogP contribution is -2.76. The van der Waals surface area contributed by atoms with E-state index in [4.69, 9.17) is 9.47 Å². The van der Waals surface area contributed by atoms with Gasteiger partial charge in [0, 0.05) is 17.8 Å². The maximum Gasteiger partial charge on any atom is 0.330 e. The first-order valence-electron chi connectivity index (χ1n) is 10.1. The number of nitrogens with zero attached hydrogens (tertiary/aromatic N) is 2. The number of fused-ring (bicyclic) bond motifs is 1. The number of alkyl halides is 1. The van der Waals surface area contributed by atoms with Gasteiger partial charge < -0.3 is 24.4 Å². The number of β-lactam (4-membered cyclic amide) rings is 1. The summed E-state index contributed by atoms with van der Waals surface area (Å²) in [7, 11) is 0. The summed E-state index contributed by atoms with van der Waals surface area (Å²) in [5, 5.41) is 10.3. The Labute approximate surface area is 193 Å². The molecule has 4 atom stereocenters. The molecule has 1 aromatic carbocycles. The van der Waals surface area contributed by atoms with Gasteiger partial charge in [0.25, 0.3) is 5.91 Å². The zero-order valence-corrected chi connectivity index (χ0v) is 19.7. The third-order valence-corrected chi connectivity index (χ3v) is 9.09. The van der Waals surface area contributed by atoms with E-state index in [0.717, 1.165) is 5.56 Å². The SMILES string of the molecule is CC1(C)S[C@H]2N(C(=O)C2(Br)C(O)C(=O)N2CCOCC2)[C@H]1C(=O)OCc1ccccc1. The second-order valence-electron chi connectivity index (χ2n) is 8.39. The molecule has 0 saturated carbocycles. The molecule has 2 unspecified atom stereocenters. The zero-order chi connectivity index (χ0) is 22.4. The molecule has 4 rings (SSSR count). The van der Waals surface area contributed by atoms with Gasteiger partial charge in [0.2, 0.25) is 5.91 Å². The Morgan fingerprint density at radius 3 is 2.58 bits per heavy atom. The van der Waals surface area contributed by atoms with Crippen molar-refractivity contribution >= 4 is 45.5 Å². The Balaban J connectivity index is 1.48. The summed E-state index contributed by atoms with van der Waals surface area (Å²) in [6.45, 7) is 5.37. The number of hydrogen-bond acceptors (Lipinski definition) is 7. The van der Waals surface area contributed by atoms with Crippen molar-refractivity contribution in [1.82, 2.24) is 9.80 Å². The summed E-state index contributed by atoms with van der Waals surface area (Å²) in [5.74, 6) is -1.49. The second kappa shape index (κ2) is 8.38. The highest BCUT2D eigenvalue weighted by molar-refractivity contribution is 9.10. The van der Waals surface area contributed by atoms with Crippen LogP contribution in [0.25, 0.3) is 0 Å². The summed E-state index contributed by atoms with van der Waals surface area (Å²) in [6.07, 6.45) is -1.55. The highest BCUT2D eigenvalue weighted by atomic mass is 79.9. The summed E-state index contributed by atoms with van der Waals surface area (Å²) < 4.78 is 8.64. The molecular formula is C21H25BrN2O6S. The van der Waals surface area contributed by atoms with Gasteiger partial charge in [0.15, 0.2) is 10.4 Å². The number of carbonyl (C=O) groups is 3. The van der Waals surface area contributed by atoms with Gasteiger partial charge >= 0.3 is 5.97 Å². The molecule has 0 bridgehead atoms. The molecule has 3 fully saturated rings. The number of aliphatic hydroxyl groups is 1. The normalized spacial score (nSPS) is 30.4. The molecule has 0 aromatic heterocycles. The molecule has 3 aliphatic heterocycles. The van der Waals surface area contributed by atoms with E-state index in [1.807, 2.05) is 44.2 Å². The maximum absolute atomic E-state index is 13.2. The van der Waals surface area contributed by atoms with Crippen LogP contribution in [0.15, 0.2) is 30.3 Å². The molecule has 1 N–H and O–H groups in total. The molecule has 168 valence electrons. The average molecular weight is 513 g/mol. The molecule has 0 radical (unpaired) electrons. The van der Waals surface area contributed by atoms with E-state index in [1.165, 1.54) is 21.6 Å². The first-order chi connectivity index (χ1) is 14.7. The van der Waals surface area contributed by atoms with E-state index in [-0.39, 0.29) is 6.61 Å². The van der Waals surface area contributed by atoms with Gasteiger partial charge in [-0.05, 0) is 19.4 Å². The number of aliphatic hydroxyl groups excluding tert-OH is 1. The fraction of sp³-hybridized carbons (Fsp3) is 0.571. The van der Waals surface area contributed by atoms with Gasteiger partial charge in [-0.1, -0.05) is 46.3 Å². The molecule has 0 spiro atoms. The van der Waals surface area contributed by atoms with Crippen LogP contribution in [0, 0.1) is 0 Å². The monoisotopic (exact) mass is 512 g/mol. The number of amides is 2. The number of thioether (sulfide) groups is 1. The van der Waals surface area contributed by atoms with E-state index in [2.05, 4.69) is 15.9 Å². The van der Waals surface area contributed by atoms with Crippen LogP contribution < -0.4 is 0 Å². The van der Waals surface area contributed by atoms with Crippen molar-refractivity contribution in [3.63, 3.8) is 0 Å². The Bertz CT molecular complexity index is 878. The second-order valence-corrected chi connectivity index (χ2v) is 11.4. The van der Waals surface area contributed by atoms with Gasteiger partial charge in [-0.15, -0.1) is 11.8 Å². The predicted octanol–water partition coefficient (Wildman–Crippen LogP) is 1.15. The van der Waals surface area contributed by atoms with Crippen LogP contribution in [-0.2, 0) is 30.5 Å². The minimum Gasteiger partial charge on any atom is -0.459 e. The van der Waals surface area contributed by atoms with Gasteiger partial charge in [0.1, 0.15) is 18.0 Å². The van der Waals surface area contributed by atoms with Crippen LogP contribution in [0.1, 0.15) is 19.4 Å². The topological polar surface area (TPSA) is 96.4 Å². The highest BCUT2D eigenvalue weighted by Crippen LogP contribution is 2.59. The third-order valence-electron chi connectivity index (χ3n) is 5.93. The minimum absolute atomic E-state index is 0.112. The fourth-order valence-electron chi connectivity index (χ4n) is 4.22. The lowest BCUT2D eigenvalue weighted by molar-refractivity contribution is -0.172. The standard InChI is InChI=1S/C21H25BrN2O6S/c1-20(2)14(17(27)30-12-13-6-4-3-5-7-13)24-18(28)21(22,19(24)31-20)15(25)16(26)23-8-10-29-11-9-23/h3-7,14-15,19,25H,8-12H2,1-2H3/t14-,15?,19+,21?/m0/s1. The molecule has 31 heavy (non-hydrogen) atoms. The average Bonchev–Trinajstić information content (AvgIpc) is 3.06. The molecule has 10 heteroatoms. The maximum atomic E-state index is 13.2. The molecule has 3 aliphatic rings. The largest absolute Gasteiger partial charge is 0.459 e. The van der Waals surface area contributed by atoms with E-state index in [1.54, 1.807) is 0 Å². The van der Waals surface area contributed by atoms with Crippen molar-refractivity contribution in [2.24, 2.45) is 0 Å². The number of benzene rings is 1. The van der Waals surface area contributed by atoms with Crippen LogP contribution in [-0.4, -0.2) is 85.6 Å². The number of halogens is 1. The minimum atomic E-state index is -1.55. The van der Waals surface area contributed by atoms with Gasteiger partial charge in [0.05, 0.1) is 13.2 Å². The van der Waals surface area contributed by atoms with Crippen molar-refractivity contribution in [2.45, 2.75) is 47.0 Å². The molecule has 3 heterocycles. The van der Waals surface area contributed by atoms with E-state index in [0.29, 0.717) is 26.3 Å². The van der Waals surface area contributed by atoms with E-state index < -0.39 is 44.4 Å². The molecule has 0 aliphatic carbocycles. The summed E-state index contributed by atoms with van der Waals surface area (Å²) in [4.78, 5) is 41.9. The van der Waals surface area contributed by atoms with Crippen molar-refractivity contribution < 1.29 is 29.0 Å². The van der Waals surface area contributed by atoms with E-state index >= 15 is 0 Å². The molecular weight excluding hydrogens is 488 g/mol. The Kier molecular flexibility index (Phi) is 6.10. The summed E-state index contributed by atoms with van der Waals surface area (Å²) >= 11 is 4.76. The molecule has 3 saturated heterocycles. The Hall–Kier alpha value is -1.62. The van der Waals surface area contributed by atoms with Gasteiger partial charge in [-0.2, -0.15) is 0 Å². The molecule has 2 amide bonds. The van der Waals surface area contributed by atoms with E-state index in [9.17, 15) is 19.5 Å². The number of rotatable bonds is 5. The fourth-order valence-corrected chi connectivity index (χ4v) is 6.77. The number of carbonyl (C=O) groups excluding carboxylic acids is 3. The van der Waals surface area contributed by atoms with Crippen LogP contribution in [0.4, 0.5) is 0 Å². The number of esters is 1. The van der Waals surface area contributed by atoms with Crippen LogP contribution in [0.5, 0.6) is 0 Å². The van der Waals surface area contributed by atoms with Crippen LogP contribution in [0.2, 0.25) is 0 Å². The van der Waals surface area contributed by atoms with Gasteiger partial charge in [-0.3, -0.25) is 9.59 Å². The number of morpholine rings is 1. The first-order valence-corrected chi connectivity index (χ1v) is 11.8. The zero-order valence-electron chi connectivity index (χ0n) is 17.3. The van der Waals surface area contributed by atoms with Crippen LogP contribution in [0.3, 0.4) is 0 Å². The first kappa shape index (κ1) is 22.6. The smallest absolute Gasteiger partial charge is 0.330 e. The van der Waals surface area contributed by atoms with Crippen molar-refractivity contribution in [3.8, 4) is 0 Å². The lowest BCUT2D eigenvalue weighted by Gasteiger charge is -2.51. The summed E-state index contributed by atoms with van der Waals surface area (Å²) in [6, 6.07) is 8.51. The lowest BCUT2D eigenvalue weighted by atomic mass is 9.87. The van der Waals surface area contributed by atoms with Crippen molar-refractivity contribution in [2.75, 3.05) is 26.3 Å². The Morgan fingerprint density at radius 1 is 1.29 bits per heavy atom. The van der Waals surface area contributed by atoms with Crippen molar-refractivity contribution in [3.05, 3.63) is 35.9 Å². The number of ether oxygens (including phenoxy) is 2. The Morgan fingerprint density at radius 2 is 1.94 bits per heavy atom. The van der Waals surface area contributed by atoms with Crippen molar-refractivity contribution in [1.29, 1.82) is 0 Å².